The number of hydrogen-bond acceptors (Lipinski definition) is 7. The van der Waals surface area contributed by atoms with Gasteiger partial charge in [-0.25, -0.2) is 0 Å². The SMILES string of the molecule is COc1cc(OC)c(OC)cc1CNC(=O)c1ccc(B(O)O)c(C=O)c1. The smallest absolute Gasteiger partial charge is 0.489 e. The van der Waals surface area contributed by atoms with E-state index in [1.54, 1.807) is 12.1 Å². The van der Waals surface area contributed by atoms with Crippen LogP contribution in [0, 0.1) is 0 Å². The third kappa shape index (κ3) is 4.58. The normalized spacial score (nSPS) is 10.1. The van der Waals surface area contributed by atoms with E-state index in [-0.39, 0.29) is 23.1 Å². The number of ether oxygens (including phenoxy) is 3. The summed E-state index contributed by atoms with van der Waals surface area (Å²) in [5.74, 6) is 1.07. The number of aldehydes is 1. The average Bonchev–Trinajstić information content (AvgIpc) is 2.70. The maximum atomic E-state index is 12.4. The van der Waals surface area contributed by atoms with Crippen molar-refractivity contribution in [3.63, 3.8) is 0 Å². The van der Waals surface area contributed by atoms with E-state index in [1.165, 1.54) is 39.5 Å². The molecular weight excluding hydrogens is 353 g/mol. The molecule has 0 aliphatic carbocycles. The number of carbonyl (C=O) groups excluding carboxylic acids is 2. The zero-order valence-electron chi connectivity index (χ0n) is 15.2. The third-order valence-electron chi connectivity index (χ3n) is 3.98. The van der Waals surface area contributed by atoms with E-state index in [0.29, 0.717) is 29.1 Å². The molecule has 0 spiro atoms. The topological polar surface area (TPSA) is 114 Å². The van der Waals surface area contributed by atoms with Gasteiger partial charge in [0.05, 0.1) is 21.3 Å². The first-order chi connectivity index (χ1) is 12.9. The zero-order valence-corrected chi connectivity index (χ0v) is 15.2. The Hall–Kier alpha value is -3.04. The van der Waals surface area contributed by atoms with Gasteiger partial charge < -0.3 is 29.6 Å². The van der Waals surface area contributed by atoms with E-state index >= 15 is 0 Å². The Bertz CT molecular complexity index is 839. The van der Waals surface area contributed by atoms with Crippen LogP contribution in [0.5, 0.6) is 17.2 Å². The second kappa shape index (κ2) is 9.06. The fourth-order valence-corrected chi connectivity index (χ4v) is 2.56. The maximum Gasteiger partial charge on any atom is 0.489 e. The number of amides is 1. The van der Waals surface area contributed by atoms with Crippen molar-refractivity contribution in [2.75, 3.05) is 21.3 Å². The maximum absolute atomic E-state index is 12.4. The summed E-state index contributed by atoms with van der Waals surface area (Å²) in [6.45, 7) is 0.142. The molecule has 0 saturated heterocycles. The molecule has 0 saturated carbocycles. The summed E-state index contributed by atoms with van der Waals surface area (Å²) >= 11 is 0. The van der Waals surface area contributed by atoms with Crippen LogP contribution in [-0.4, -0.2) is 50.7 Å². The highest BCUT2D eigenvalue weighted by Crippen LogP contribution is 2.34. The standard InChI is InChI=1S/C18H20BNO7/c1-25-15-8-17(27-3)16(26-2)7-12(15)9-20-18(22)11-4-5-14(19(23)24)13(6-11)10-21/h4-8,10,23-24H,9H2,1-3H3,(H,20,22). The van der Waals surface area contributed by atoms with Crippen molar-refractivity contribution in [2.45, 2.75) is 6.54 Å². The van der Waals surface area contributed by atoms with Crippen LogP contribution in [-0.2, 0) is 6.54 Å². The van der Waals surface area contributed by atoms with Gasteiger partial charge in [-0.2, -0.15) is 0 Å². The Balaban J connectivity index is 2.21. The van der Waals surface area contributed by atoms with E-state index in [1.807, 2.05) is 0 Å². The van der Waals surface area contributed by atoms with Crippen LogP contribution in [0.3, 0.4) is 0 Å². The van der Waals surface area contributed by atoms with Crippen LogP contribution in [0.15, 0.2) is 30.3 Å². The zero-order chi connectivity index (χ0) is 20.0. The molecule has 0 fully saturated rings. The van der Waals surface area contributed by atoms with E-state index < -0.39 is 13.0 Å². The summed E-state index contributed by atoms with van der Waals surface area (Å²) in [5, 5.41) is 21.2. The molecule has 2 aromatic carbocycles. The molecule has 9 heteroatoms. The van der Waals surface area contributed by atoms with Crippen LogP contribution in [0.1, 0.15) is 26.3 Å². The van der Waals surface area contributed by atoms with Gasteiger partial charge in [-0.05, 0) is 23.7 Å². The van der Waals surface area contributed by atoms with Crippen LogP contribution >= 0.6 is 0 Å². The van der Waals surface area contributed by atoms with Crippen molar-refractivity contribution in [1.29, 1.82) is 0 Å². The van der Waals surface area contributed by atoms with Gasteiger partial charge in [0.25, 0.3) is 5.91 Å². The van der Waals surface area contributed by atoms with Gasteiger partial charge in [0.15, 0.2) is 11.5 Å². The van der Waals surface area contributed by atoms with Gasteiger partial charge in [0.1, 0.15) is 12.0 Å². The fourth-order valence-electron chi connectivity index (χ4n) is 2.56. The minimum absolute atomic E-state index is 0.0290. The van der Waals surface area contributed by atoms with E-state index in [2.05, 4.69) is 5.32 Å². The number of benzene rings is 2. The Morgan fingerprint density at radius 2 is 1.67 bits per heavy atom. The van der Waals surface area contributed by atoms with Gasteiger partial charge >= 0.3 is 7.12 Å². The van der Waals surface area contributed by atoms with Crippen LogP contribution in [0.4, 0.5) is 0 Å². The molecule has 0 aromatic heterocycles. The second-order valence-corrected chi connectivity index (χ2v) is 5.54. The molecule has 2 rings (SSSR count). The Labute approximate surface area is 156 Å². The van der Waals surface area contributed by atoms with Crippen LogP contribution < -0.4 is 25.0 Å². The van der Waals surface area contributed by atoms with Crippen LogP contribution in [0.25, 0.3) is 0 Å². The summed E-state index contributed by atoms with van der Waals surface area (Å²) in [6.07, 6.45) is 0.461. The molecule has 142 valence electrons. The number of hydrogen-bond donors (Lipinski definition) is 3. The predicted octanol–water partition coefficient (Wildman–Crippen LogP) is 0.135. The molecule has 8 nitrogen and oxygen atoms in total. The van der Waals surface area contributed by atoms with E-state index in [9.17, 15) is 19.6 Å². The predicted molar refractivity (Wildman–Crippen MR) is 98.9 cm³/mol. The minimum Gasteiger partial charge on any atom is -0.496 e. The Morgan fingerprint density at radius 3 is 2.22 bits per heavy atom. The summed E-state index contributed by atoms with van der Waals surface area (Å²) < 4.78 is 15.8. The molecule has 1 amide bonds. The lowest BCUT2D eigenvalue weighted by atomic mass is 9.77. The van der Waals surface area contributed by atoms with E-state index in [4.69, 9.17) is 14.2 Å². The summed E-state index contributed by atoms with van der Waals surface area (Å²) in [5.41, 5.74) is 0.937. The number of nitrogens with one attached hydrogen (secondary N) is 1. The number of methoxy groups -OCH3 is 3. The molecule has 27 heavy (non-hydrogen) atoms. The quantitative estimate of drug-likeness (QED) is 0.445. The van der Waals surface area contributed by atoms with Crippen molar-refractivity contribution in [3.8, 4) is 17.2 Å². The Kier molecular flexibility index (Phi) is 6.81. The molecule has 0 aliphatic rings. The highest BCUT2D eigenvalue weighted by molar-refractivity contribution is 6.60. The van der Waals surface area contributed by atoms with Gasteiger partial charge in [-0.1, -0.05) is 6.07 Å². The van der Waals surface area contributed by atoms with Crippen molar-refractivity contribution in [3.05, 3.63) is 47.0 Å². The highest BCUT2D eigenvalue weighted by Gasteiger charge is 2.18. The van der Waals surface area contributed by atoms with Crippen LogP contribution in [0.2, 0.25) is 0 Å². The third-order valence-corrected chi connectivity index (χ3v) is 3.98. The Morgan fingerprint density at radius 1 is 1.04 bits per heavy atom. The summed E-state index contributed by atoms with van der Waals surface area (Å²) in [7, 11) is 2.72. The fraction of sp³-hybridized carbons (Fsp3) is 0.222. The molecule has 0 bridgehead atoms. The van der Waals surface area contributed by atoms with Crippen molar-refractivity contribution in [2.24, 2.45) is 0 Å². The molecule has 0 heterocycles. The lowest BCUT2D eigenvalue weighted by molar-refractivity contribution is 0.0950. The molecule has 0 atom stereocenters. The largest absolute Gasteiger partial charge is 0.496 e. The lowest BCUT2D eigenvalue weighted by Crippen LogP contribution is -2.33. The molecule has 2 aromatic rings. The second-order valence-electron chi connectivity index (χ2n) is 5.54. The molecule has 0 unspecified atom stereocenters. The molecule has 3 N–H and O–H groups in total. The van der Waals surface area contributed by atoms with E-state index in [0.717, 1.165) is 0 Å². The first-order valence-electron chi connectivity index (χ1n) is 7.97. The monoisotopic (exact) mass is 373 g/mol. The average molecular weight is 373 g/mol. The number of rotatable bonds is 8. The summed E-state index contributed by atoms with van der Waals surface area (Å²) in [4.78, 5) is 23.5. The van der Waals surface area contributed by atoms with Crippen molar-refractivity contribution >= 4 is 24.8 Å². The van der Waals surface area contributed by atoms with Gasteiger partial charge in [0, 0.05) is 29.3 Å². The van der Waals surface area contributed by atoms with Gasteiger partial charge in [-0.15, -0.1) is 0 Å². The lowest BCUT2D eigenvalue weighted by Gasteiger charge is -2.15. The highest BCUT2D eigenvalue weighted by atomic mass is 16.5. The van der Waals surface area contributed by atoms with Crippen molar-refractivity contribution < 1.29 is 33.8 Å². The van der Waals surface area contributed by atoms with Gasteiger partial charge in [0.2, 0.25) is 0 Å². The first-order valence-corrected chi connectivity index (χ1v) is 7.97. The van der Waals surface area contributed by atoms with Gasteiger partial charge in [-0.3, -0.25) is 9.59 Å². The summed E-state index contributed by atoms with van der Waals surface area (Å²) in [6, 6.07) is 7.37. The number of carbonyl (C=O) groups is 2. The molecule has 0 radical (unpaired) electrons. The van der Waals surface area contributed by atoms with Crippen molar-refractivity contribution in [1.82, 2.24) is 5.32 Å². The molecule has 0 aliphatic heterocycles. The first kappa shape index (κ1) is 20.3. The minimum atomic E-state index is -1.79. The molecular formula is C18H20BNO7.